The highest BCUT2D eigenvalue weighted by atomic mass is 16.3. The van der Waals surface area contributed by atoms with E-state index in [-0.39, 0.29) is 18.9 Å². The molecule has 1 aromatic rings. The number of aliphatic hydroxyl groups is 1. The first-order valence-corrected chi connectivity index (χ1v) is 4.13. The van der Waals surface area contributed by atoms with Crippen LogP contribution in [0.4, 0.5) is 5.69 Å². The molecular formula is C10H10N2O2. The molecule has 0 saturated carbocycles. The lowest BCUT2D eigenvalue weighted by atomic mass is 10.2. The Morgan fingerprint density at radius 2 is 2.36 bits per heavy atom. The summed E-state index contributed by atoms with van der Waals surface area (Å²) >= 11 is 0. The number of benzene rings is 1. The minimum absolute atomic E-state index is 0.0675. The summed E-state index contributed by atoms with van der Waals surface area (Å²) in [5.74, 6) is -0.345. The molecule has 0 atom stereocenters. The molecule has 2 N–H and O–H groups in total. The SMILES string of the molecule is N#CCC(=O)Nc1cccc(CO)c1. The second-order valence-corrected chi connectivity index (χ2v) is 2.74. The van der Waals surface area contributed by atoms with E-state index >= 15 is 0 Å². The van der Waals surface area contributed by atoms with Crippen molar-refractivity contribution >= 4 is 11.6 Å². The second kappa shape index (κ2) is 5.00. The standard InChI is InChI=1S/C10H10N2O2/c11-5-4-10(14)12-9-3-1-2-8(6-9)7-13/h1-3,6,13H,4,7H2,(H,12,14). The molecule has 0 aromatic heterocycles. The Hall–Kier alpha value is -1.86. The van der Waals surface area contributed by atoms with Crippen molar-refractivity contribution in [3.05, 3.63) is 29.8 Å². The Morgan fingerprint density at radius 1 is 1.57 bits per heavy atom. The Balaban J connectivity index is 2.68. The van der Waals surface area contributed by atoms with Crippen molar-refractivity contribution in [2.75, 3.05) is 5.32 Å². The molecule has 4 heteroatoms. The highest BCUT2D eigenvalue weighted by molar-refractivity contribution is 5.92. The highest BCUT2D eigenvalue weighted by Crippen LogP contribution is 2.10. The summed E-state index contributed by atoms with van der Waals surface area (Å²) in [5, 5.41) is 19.6. The van der Waals surface area contributed by atoms with Gasteiger partial charge >= 0.3 is 0 Å². The largest absolute Gasteiger partial charge is 0.392 e. The quantitative estimate of drug-likeness (QED) is 0.747. The van der Waals surface area contributed by atoms with Crippen LogP contribution in [0.5, 0.6) is 0 Å². The van der Waals surface area contributed by atoms with Crippen LogP contribution in [0.1, 0.15) is 12.0 Å². The van der Waals surface area contributed by atoms with Crippen molar-refractivity contribution in [2.45, 2.75) is 13.0 Å². The molecule has 72 valence electrons. The zero-order valence-corrected chi connectivity index (χ0v) is 7.53. The number of hydrogen-bond donors (Lipinski definition) is 2. The molecule has 0 bridgehead atoms. The lowest BCUT2D eigenvalue weighted by Crippen LogP contribution is -2.10. The topological polar surface area (TPSA) is 73.1 Å². The maximum atomic E-state index is 11.0. The molecule has 14 heavy (non-hydrogen) atoms. The van der Waals surface area contributed by atoms with Crippen molar-refractivity contribution in [1.82, 2.24) is 0 Å². The average molecular weight is 190 g/mol. The van der Waals surface area contributed by atoms with Crippen LogP contribution in [-0.2, 0) is 11.4 Å². The molecule has 0 aliphatic heterocycles. The molecule has 0 aliphatic rings. The predicted octanol–water partition coefficient (Wildman–Crippen LogP) is 1.03. The number of amides is 1. The number of aliphatic hydroxyl groups excluding tert-OH is 1. The fourth-order valence-electron chi connectivity index (χ4n) is 1.02. The maximum absolute atomic E-state index is 11.0. The van der Waals surface area contributed by atoms with Crippen molar-refractivity contribution in [1.29, 1.82) is 5.26 Å². The fourth-order valence-corrected chi connectivity index (χ4v) is 1.02. The fraction of sp³-hybridized carbons (Fsp3) is 0.200. The van der Waals surface area contributed by atoms with E-state index in [1.807, 2.05) is 0 Å². The van der Waals surface area contributed by atoms with Gasteiger partial charge in [0.2, 0.25) is 5.91 Å². The number of anilines is 1. The summed E-state index contributed by atoms with van der Waals surface area (Å²) < 4.78 is 0. The van der Waals surface area contributed by atoms with Gasteiger partial charge in [0, 0.05) is 5.69 Å². The Bertz CT molecular complexity index is 369. The van der Waals surface area contributed by atoms with E-state index in [0.29, 0.717) is 5.69 Å². The highest BCUT2D eigenvalue weighted by Gasteiger charge is 2.00. The van der Waals surface area contributed by atoms with Crippen LogP contribution in [0.15, 0.2) is 24.3 Å². The first kappa shape index (κ1) is 10.2. The van der Waals surface area contributed by atoms with E-state index in [1.165, 1.54) is 0 Å². The van der Waals surface area contributed by atoms with Crippen LogP contribution in [0, 0.1) is 11.3 Å². The Morgan fingerprint density at radius 3 is 3.00 bits per heavy atom. The van der Waals surface area contributed by atoms with Gasteiger partial charge in [-0.1, -0.05) is 12.1 Å². The molecular weight excluding hydrogens is 180 g/mol. The normalized spacial score (nSPS) is 9.14. The van der Waals surface area contributed by atoms with E-state index in [9.17, 15) is 4.79 Å². The van der Waals surface area contributed by atoms with Gasteiger partial charge in [-0.15, -0.1) is 0 Å². The Kier molecular flexibility index (Phi) is 3.65. The summed E-state index contributed by atoms with van der Waals surface area (Å²) in [7, 11) is 0. The van der Waals surface area contributed by atoms with Crippen molar-refractivity contribution in [2.24, 2.45) is 0 Å². The molecule has 0 spiro atoms. The van der Waals surface area contributed by atoms with Crippen LogP contribution in [-0.4, -0.2) is 11.0 Å². The van der Waals surface area contributed by atoms with Gasteiger partial charge in [-0.05, 0) is 17.7 Å². The number of rotatable bonds is 3. The molecule has 0 heterocycles. The van der Waals surface area contributed by atoms with E-state index < -0.39 is 0 Å². The van der Waals surface area contributed by atoms with Gasteiger partial charge in [-0.3, -0.25) is 4.79 Å². The summed E-state index contributed by atoms with van der Waals surface area (Å²) in [6.45, 7) is -0.0675. The van der Waals surface area contributed by atoms with Crippen LogP contribution in [0.2, 0.25) is 0 Å². The second-order valence-electron chi connectivity index (χ2n) is 2.74. The van der Waals surface area contributed by atoms with Gasteiger partial charge in [0.15, 0.2) is 0 Å². The molecule has 1 aromatic carbocycles. The van der Waals surface area contributed by atoms with Gasteiger partial charge in [0.25, 0.3) is 0 Å². The first-order valence-electron chi connectivity index (χ1n) is 4.13. The third kappa shape index (κ3) is 2.88. The van der Waals surface area contributed by atoms with E-state index in [4.69, 9.17) is 10.4 Å². The third-order valence-corrected chi connectivity index (χ3v) is 1.63. The summed E-state index contributed by atoms with van der Waals surface area (Å²) in [5.41, 5.74) is 1.32. The van der Waals surface area contributed by atoms with E-state index in [0.717, 1.165) is 5.56 Å². The van der Waals surface area contributed by atoms with E-state index in [1.54, 1.807) is 30.3 Å². The molecule has 4 nitrogen and oxygen atoms in total. The smallest absolute Gasteiger partial charge is 0.238 e. The molecule has 1 rings (SSSR count). The number of carbonyl (C=O) groups excluding carboxylic acids is 1. The average Bonchev–Trinajstić information content (AvgIpc) is 2.18. The molecule has 0 saturated heterocycles. The monoisotopic (exact) mass is 190 g/mol. The van der Waals surface area contributed by atoms with Gasteiger partial charge in [0.1, 0.15) is 6.42 Å². The molecule has 1 amide bonds. The van der Waals surface area contributed by atoms with Gasteiger partial charge in [-0.25, -0.2) is 0 Å². The summed E-state index contributed by atoms with van der Waals surface area (Å²) in [4.78, 5) is 11.0. The van der Waals surface area contributed by atoms with Crippen LogP contribution < -0.4 is 5.32 Å². The summed E-state index contributed by atoms with van der Waals surface area (Å²) in [6.07, 6.45) is -0.163. The minimum atomic E-state index is -0.345. The van der Waals surface area contributed by atoms with E-state index in [2.05, 4.69) is 5.32 Å². The summed E-state index contributed by atoms with van der Waals surface area (Å²) in [6, 6.07) is 8.60. The van der Waals surface area contributed by atoms with Crippen LogP contribution in [0.3, 0.4) is 0 Å². The number of nitriles is 1. The molecule has 0 aliphatic carbocycles. The molecule has 0 fully saturated rings. The van der Waals surface area contributed by atoms with Gasteiger partial charge in [0.05, 0.1) is 12.7 Å². The number of nitrogens with one attached hydrogen (secondary N) is 1. The Labute approximate surface area is 81.8 Å². The molecule has 0 unspecified atom stereocenters. The zero-order chi connectivity index (χ0) is 10.4. The van der Waals surface area contributed by atoms with Crippen LogP contribution >= 0.6 is 0 Å². The van der Waals surface area contributed by atoms with Crippen LogP contribution in [0.25, 0.3) is 0 Å². The van der Waals surface area contributed by atoms with Gasteiger partial charge < -0.3 is 10.4 Å². The zero-order valence-electron chi connectivity index (χ0n) is 7.53. The predicted molar refractivity (Wildman–Crippen MR) is 51.2 cm³/mol. The number of carbonyl (C=O) groups is 1. The molecule has 0 radical (unpaired) electrons. The lowest BCUT2D eigenvalue weighted by molar-refractivity contribution is -0.115. The van der Waals surface area contributed by atoms with Crippen molar-refractivity contribution < 1.29 is 9.90 Å². The number of hydrogen-bond acceptors (Lipinski definition) is 3. The van der Waals surface area contributed by atoms with Crippen molar-refractivity contribution in [3.63, 3.8) is 0 Å². The maximum Gasteiger partial charge on any atom is 0.238 e. The minimum Gasteiger partial charge on any atom is -0.392 e. The van der Waals surface area contributed by atoms with Gasteiger partial charge in [-0.2, -0.15) is 5.26 Å². The lowest BCUT2D eigenvalue weighted by Gasteiger charge is -2.03. The van der Waals surface area contributed by atoms with Crippen molar-refractivity contribution in [3.8, 4) is 6.07 Å². The number of nitrogens with zero attached hydrogens (tertiary/aromatic N) is 1. The third-order valence-electron chi connectivity index (χ3n) is 1.63. The first-order chi connectivity index (χ1) is 6.76.